The molecule has 0 radical (unpaired) electrons. The van der Waals surface area contributed by atoms with Crippen LogP contribution in [-0.2, 0) is 19.1 Å². The number of hydrogen-bond acceptors (Lipinski definition) is 4. The van der Waals surface area contributed by atoms with Crippen molar-refractivity contribution in [3.63, 3.8) is 0 Å². The lowest BCUT2D eigenvalue weighted by molar-refractivity contribution is -0.180. The van der Waals surface area contributed by atoms with Crippen LogP contribution in [0.1, 0.15) is 27.7 Å². The molecule has 0 aliphatic carbocycles. The number of carbonyl (C=O) groups excluding carboxylic acids is 2. The zero-order chi connectivity index (χ0) is 11.0. The predicted octanol–water partition coefficient (Wildman–Crippen LogP) is 1.14. The van der Waals surface area contributed by atoms with Crippen LogP contribution in [-0.4, -0.2) is 25.2 Å². The van der Waals surface area contributed by atoms with Gasteiger partial charge in [-0.1, -0.05) is 13.8 Å². The van der Waals surface area contributed by atoms with Crippen LogP contribution in [0.15, 0.2) is 0 Å². The molecule has 0 saturated carbocycles. The van der Waals surface area contributed by atoms with Crippen molar-refractivity contribution < 1.29 is 19.1 Å². The van der Waals surface area contributed by atoms with Gasteiger partial charge in [-0.2, -0.15) is 0 Å². The highest BCUT2D eigenvalue weighted by Gasteiger charge is 2.42. The van der Waals surface area contributed by atoms with E-state index in [-0.39, 0.29) is 18.6 Å². The molecule has 1 aliphatic rings. The van der Waals surface area contributed by atoms with Crippen molar-refractivity contribution in [2.75, 3.05) is 13.2 Å². The van der Waals surface area contributed by atoms with Gasteiger partial charge in [0.25, 0.3) is 0 Å². The molecule has 0 unspecified atom stereocenters. The van der Waals surface area contributed by atoms with Crippen molar-refractivity contribution >= 4 is 11.9 Å². The molecule has 14 heavy (non-hydrogen) atoms. The first-order chi connectivity index (χ1) is 6.26. The van der Waals surface area contributed by atoms with Crippen molar-refractivity contribution in [2.24, 2.45) is 10.8 Å². The molecule has 1 fully saturated rings. The molecule has 0 bridgehead atoms. The Morgan fingerprint density at radius 3 is 1.64 bits per heavy atom. The molecular weight excluding hydrogens is 184 g/mol. The third-order valence-corrected chi connectivity index (χ3v) is 2.21. The molecule has 0 atom stereocenters. The lowest BCUT2D eigenvalue weighted by Crippen LogP contribution is -2.43. The molecule has 1 aliphatic heterocycles. The normalized spacial score (nSPS) is 25.7. The zero-order valence-electron chi connectivity index (χ0n) is 9.05. The van der Waals surface area contributed by atoms with Crippen LogP contribution in [0.5, 0.6) is 0 Å². The van der Waals surface area contributed by atoms with E-state index < -0.39 is 17.4 Å². The molecule has 4 nitrogen and oxygen atoms in total. The smallest absolute Gasteiger partial charge is 0.322 e. The van der Waals surface area contributed by atoms with Gasteiger partial charge >= 0.3 is 11.9 Å². The van der Waals surface area contributed by atoms with E-state index in [9.17, 15) is 9.59 Å². The molecule has 1 saturated heterocycles. The Balaban J connectivity index is 2.84. The van der Waals surface area contributed by atoms with E-state index in [0.717, 1.165) is 0 Å². The predicted molar refractivity (Wildman–Crippen MR) is 49.5 cm³/mol. The molecule has 80 valence electrons. The molecule has 1 heterocycles. The van der Waals surface area contributed by atoms with Gasteiger partial charge in [0.1, 0.15) is 0 Å². The highest BCUT2D eigenvalue weighted by Crippen LogP contribution is 2.26. The summed E-state index contributed by atoms with van der Waals surface area (Å²) in [5.41, 5.74) is -1.49. The Morgan fingerprint density at radius 2 is 1.29 bits per heavy atom. The first-order valence-electron chi connectivity index (χ1n) is 4.60. The maximum absolute atomic E-state index is 11.5. The second kappa shape index (κ2) is 3.26. The Bertz CT molecular complexity index is 241. The van der Waals surface area contributed by atoms with Gasteiger partial charge in [0.2, 0.25) is 0 Å². The summed E-state index contributed by atoms with van der Waals surface area (Å²) >= 11 is 0. The fourth-order valence-electron chi connectivity index (χ4n) is 1.01. The number of cyclic esters (lactones) is 2. The van der Waals surface area contributed by atoms with Crippen molar-refractivity contribution in [3.8, 4) is 0 Å². The van der Waals surface area contributed by atoms with Crippen LogP contribution in [0.2, 0.25) is 0 Å². The highest BCUT2D eigenvalue weighted by atomic mass is 16.6. The second-order valence-electron chi connectivity index (χ2n) is 4.94. The summed E-state index contributed by atoms with van der Waals surface area (Å²) in [6.45, 7) is 7.34. The summed E-state index contributed by atoms with van der Waals surface area (Å²) < 4.78 is 10.1. The molecule has 0 aromatic carbocycles. The molecule has 0 N–H and O–H groups in total. The number of hydrogen-bond donors (Lipinski definition) is 0. The first-order valence-corrected chi connectivity index (χ1v) is 4.60. The molecule has 0 aromatic heterocycles. The third kappa shape index (κ3) is 2.05. The fraction of sp³-hybridized carbons (Fsp3) is 0.800. The molecule has 0 spiro atoms. The maximum Gasteiger partial charge on any atom is 0.322 e. The van der Waals surface area contributed by atoms with E-state index in [1.165, 1.54) is 13.8 Å². The van der Waals surface area contributed by atoms with Crippen molar-refractivity contribution in [1.29, 1.82) is 0 Å². The summed E-state index contributed by atoms with van der Waals surface area (Å²) in [5.74, 6) is -1.04. The highest BCUT2D eigenvalue weighted by molar-refractivity contribution is 5.99. The van der Waals surface area contributed by atoms with Crippen molar-refractivity contribution in [2.45, 2.75) is 27.7 Å². The average molecular weight is 200 g/mol. The monoisotopic (exact) mass is 200 g/mol. The van der Waals surface area contributed by atoms with Crippen LogP contribution in [0.4, 0.5) is 0 Å². The van der Waals surface area contributed by atoms with Crippen LogP contribution in [0.3, 0.4) is 0 Å². The Hall–Kier alpha value is -1.06. The first kappa shape index (κ1) is 11.0. The molecule has 4 heteroatoms. The number of esters is 2. The van der Waals surface area contributed by atoms with E-state index in [1.54, 1.807) is 0 Å². The molecule has 1 rings (SSSR count). The largest absolute Gasteiger partial charge is 0.464 e. The Kier molecular flexibility index (Phi) is 2.56. The quantitative estimate of drug-likeness (QED) is 0.434. The van der Waals surface area contributed by atoms with E-state index in [4.69, 9.17) is 9.47 Å². The summed E-state index contributed by atoms with van der Waals surface area (Å²) in [7, 11) is 0. The van der Waals surface area contributed by atoms with Gasteiger partial charge in [-0.15, -0.1) is 0 Å². The molecule has 0 aromatic rings. The minimum absolute atomic E-state index is 0.280. The van der Waals surface area contributed by atoms with E-state index in [0.29, 0.717) is 0 Å². The minimum atomic E-state index is -1.18. The second-order valence-corrected chi connectivity index (χ2v) is 4.94. The van der Waals surface area contributed by atoms with Crippen LogP contribution < -0.4 is 0 Å². The van der Waals surface area contributed by atoms with E-state index in [2.05, 4.69) is 0 Å². The summed E-state index contributed by atoms with van der Waals surface area (Å²) in [4.78, 5) is 22.9. The van der Waals surface area contributed by atoms with Gasteiger partial charge in [0.15, 0.2) is 5.41 Å². The number of carbonyl (C=O) groups is 2. The lowest BCUT2D eigenvalue weighted by atomic mass is 9.91. The lowest BCUT2D eigenvalue weighted by Gasteiger charge is -2.31. The van der Waals surface area contributed by atoms with Gasteiger partial charge in [0.05, 0.1) is 13.2 Å². The van der Waals surface area contributed by atoms with Gasteiger partial charge in [-0.25, -0.2) is 0 Å². The van der Waals surface area contributed by atoms with Gasteiger partial charge < -0.3 is 9.47 Å². The van der Waals surface area contributed by atoms with Gasteiger partial charge in [-0.3, -0.25) is 9.59 Å². The molecule has 0 amide bonds. The van der Waals surface area contributed by atoms with E-state index in [1.807, 2.05) is 13.8 Å². The van der Waals surface area contributed by atoms with E-state index >= 15 is 0 Å². The van der Waals surface area contributed by atoms with Crippen LogP contribution >= 0.6 is 0 Å². The topological polar surface area (TPSA) is 52.6 Å². The Morgan fingerprint density at radius 1 is 0.929 bits per heavy atom. The van der Waals surface area contributed by atoms with Gasteiger partial charge in [0, 0.05) is 5.41 Å². The Labute approximate surface area is 83.6 Å². The average Bonchev–Trinajstić information content (AvgIpc) is 2.09. The maximum atomic E-state index is 11.5. The number of ether oxygens (including phenoxy) is 2. The standard InChI is InChI=1S/C10H16O4/c1-9(2)5-13-7(11)10(3,4)8(12)14-6-9/h5-6H2,1-4H3. The van der Waals surface area contributed by atoms with Gasteiger partial charge in [-0.05, 0) is 13.8 Å². The van der Waals surface area contributed by atoms with Crippen LogP contribution in [0.25, 0.3) is 0 Å². The van der Waals surface area contributed by atoms with Crippen LogP contribution in [0, 0.1) is 10.8 Å². The third-order valence-electron chi connectivity index (χ3n) is 2.21. The van der Waals surface area contributed by atoms with Crippen molar-refractivity contribution in [3.05, 3.63) is 0 Å². The summed E-state index contributed by atoms with van der Waals surface area (Å²) in [5, 5.41) is 0. The molecular formula is C10H16O4. The van der Waals surface area contributed by atoms with Crippen molar-refractivity contribution in [1.82, 2.24) is 0 Å². The minimum Gasteiger partial charge on any atom is -0.464 e. The number of rotatable bonds is 0. The SMILES string of the molecule is CC1(C)COC(=O)C(C)(C)C(=O)OC1. The summed E-state index contributed by atoms with van der Waals surface area (Å²) in [6.07, 6.45) is 0. The zero-order valence-corrected chi connectivity index (χ0v) is 9.05. The summed E-state index contributed by atoms with van der Waals surface area (Å²) in [6, 6.07) is 0. The fourth-order valence-corrected chi connectivity index (χ4v) is 1.01.